The van der Waals surface area contributed by atoms with Crippen LogP contribution in [0.2, 0.25) is 5.02 Å². The van der Waals surface area contributed by atoms with E-state index in [-0.39, 0.29) is 0 Å². The normalized spacial score (nSPS) is 19.3. The summed E-state index contributed by atoms with van der Waals surface area (Å²) in [6.07, 6.45) is 7.45. The van der Waals surface area contributed by atoms with Crippen molar-refractivity contribution in [1.82, 2.24) is 5.32 Å². The zero-order valence-electron chi connectivity index (χ0n) is 11.2. The van der Waals surface area contributed by atoms with Gasteiger partial charge in [-0.1, -0.05) is 30.2 Å². The lowest BCUT2D eigenvalue weighted by molar-refractivity contribution is 0.332. The molecule has 1 aromatic rings. The lowest BCUT2D eigenvalue weighted by atomic mass is 9.84. The van der Waals surface area contributed by atoms with E-state index in [1.165, 1.54) is 24.8 Å². The van der Waals surface area contributed by atoms with E-state index in [0.29, 0.717) is 10.8 Å². The Kier molecular flexibility index (Phi) is 4.99. The van der Waals surface area contributed by atoms with E-state index in [9.17, 15) is 0 Å². The summed E-state index contributed by atoms with van der Waals surface area (Å²) < 4.78 is 0.522. The van der Waals surface area contributed by atoms with Gasteiger partial charge in [-0.15, -0.1) is 0 Å². The van der Waals surface area contributed by atoms with Crippen molar-refractivity contribution in [1.29, 1.82) is 0 Å². The highest BCUT2D eigenvalue weighted by molar-refractivity contribution is 8.00. The van der Waals surface area contributed by atoms with Crippen LogP contribution in [0.5, 0.6) is 0 Å². The Balaban J connectivity index is 1.78. The van der Waals surface area contributed by atoms with E-state index in [0.717, 1.165) is 18.0 Å². The highest BCUT2D eigenvalue weighted by Gasteiger charge is 2.35. The first-order chi connectivity index (χ1) is 8.63. The van der Waals surface area contributed by atoms with E-state index in [1.54, 1.807) is 0 Å². The van der Waals surface area contributed by atoms with Crippen LogP contribution in [0, 0.1) is 0 Å². The third kappa shape index (κ3) is 3.66. The SMILES string of the molecule is CSC1(CNC(C)Cc2ccc(Cl)cc2)CCC1. The molecule has 1 N–H and O–H groups in total. The van der Waals surface area contributed by atoms with Crippen LogP contribution in [0.1, 0.15) is 31.7 Å². The molecule has 18 heavy (non-hydrogen) atoms. The summed E-state index contributed by atoms with van der Waals surface area (Å²) in [5.41, 5.74) is 1.35. The minimum Gasteiger partial charge on any atom is -0.313 e. The van der Waals surface area contributed by atoms with Gasteiger partial charge in [0.15, 0.2) is 0 Å². The molecule has 0 bridgehead atoms. The first kappa shape index (κ1) is 14.2. The highest BCUT2D eigenvalue weighted by atomic mass is 35.5. The number of benzene rings is 1. The minimum atomic E-state index is 0.522. The van der Waals surface area contributed by atoms with Crippen LogP contribution < -0.4 is 5.32 Å². The van der Waals surface area contributed by atoms with E-state index in [1.807, 2.05) is 23.9 Å². The molecule has 1 nitrogen and oxygen atoms in total. The Morgan fingerprint density at radius 2 is 2.00 bits per heavy atom. The van der Waals surface area contributed by atoms with Crippen molar-refractivity contribution >= 4 is 23.4 Å². The highest BCUT2D eigenvalue weighted by Crippen LogP contribution is 2.42. The molecule has 3 heteroatoms. The van der Waals surface area contributed by atoms with Crippen LogP contribution >= 0.6 is 23.4 Å². The van der Waals surface area contributed by atoms with E-state index in [4.69, 9.17) is 11.6 Å². The molecule has 0 saturated heterocycles. The molecule has 0 spiro atoms. The molecule has 1 aliphatic carbocycles. The summed E-state index contributed by atoms with van der Waals surface area (Å²) in [5.74, 6) is 0. The summed E-state index contributed by atoms with van der Waals surface area (Å²) in [6.45, 7) is 3.41. The Bertz CT molecular complexity index is 367. The first-order valence-electron chi connectivity index (χ1n) is 6.66. The molecular formula is C15H22ClNS. The Morgan fingerprint density at radius 3 is 2.50 bits per heavy atom. The Morgan fingerprint density at radius 1 is 1.33 bits per heavy atom. The van der Waals surface area contributed by atoms with Crippen molar-refractivity contribution in [2.24, 2.45) is 0 Å². The van der Waals surface area contributed by atoms with Crippen LogP contribution in [0.15, 0.2) is 24.3 Å². The van der Waals surface area contributed by atoms with Crippen LogP contribution in [-0.4, -0.2) is 23.6 Å². The first-order valence-corrected chi connectivity index (χ1v) is 8.27. The summed E-state index contributed by atoms with van der Waals surface area (Å²) >= 11 is 7.93. The second-order valence-corrected chi connectivity index (χ2v) is 7.06. The molecule has 1 aliphatic rings. The van der Waals surface area contributed by atoms with Gasteiger partial charge in [0.05, 0.1) is 0 Å². The number of nitrogens with one attached hydrogen (secondary N) is 1. The van der Waals surface area contributed by atoms with E-state index < -0.39 is 0 Å². The Labute approximate surface area is 120 Å². The molecule has 0 aliphatic heterocycles. The van der Waals surface area contributed by atoms with E-state index in [2.05, 4.69) is 30.6 Å². The van der Waals surface area contributed by atoms with Gasteiger partial charge in [-0.2, -0.15) is 11.8 Å². The second kappa shape index (κ2) is 6.31. The fourth-order valence-electron chi connectivity index (χ4n) is 2.43. The van der Waals surface area contributed by atoms with Gasteiger partial charge < -0.3 is 5.32 Å². The van der Waals surface area contributed by atoms with Crippen LogP contribution in [0.3, 0.4) is 0 Å². The van der Waals surface area contributed by atoms with Gasteiger partial charge in [0, 0.05) is 22.4 Å². The van der Waals surface area contributed by atoms with Crippen molar-refractivity contribution in [3.8, 4) is 0 Å². The fourth-order valence-corrected chi connectivity index (χ4v) is 3.48. The van der Waals surface area contributed by atoms with Crippen molar-refractivity contribution in [3.63, 3.8) is 0 Å². The maximum Gasteiger partial charge on any atom is 0.0406 e. The summed E-state index contributed by atoms with van der Waals surface area (Å²) in [6, 6.07) is 8.70. The number of rotatable bonds is 6. The van der Waals surface area contributed by atoms with Gasteiger partial charge in [-0.3, -0.25) is 0 Å². The van der Waals surface area contributed by atoms with Gasteiger partial charge in [0.2, 0.25) is 0 Å². The van der Waals surface area contributed by atoms with Crippen LogP contribution in [0.25, 0.3) is 0 Å². The zero-order valence-corrected chi connectivity index (χ0v) is 12.8. The predicted octanol–water partition coefficient (Wildman–Crippen LogP) is 4.15. The topological polar surface area (TPSA) is 12.0 Å². The van der Waals surface area contributed by atoms with Crippen molar-refractivity contribution < 1.29 is 0 Å². The molecule has 1 aromatic carbocycles. The van der Waals surface area contributed by atoms with Crippen molar-refractivity contribution in [3.05, 3.63) is 34.9 Å². The number of hydrogen-bond acceptors (Lipinski definition) is 2. The van der Waals surface area contributed by atoms with Crippen molar-refractivity contribution in [2.45, 2.75) is 43.4 Å². The van der Waals surface area contributed by atoms with Crippen molar-refractivity contribution in [2.75, 3.05) is 12.8 Å². The van der Waals surface area contributed by atoms with Crippen LogP contribution in [0.4, 0.5) is 0 Å². The predicted molar refractivity (Wildman–Crippen MR) is 82.7 cm³/mol. The lowest BCUT2D eigenvalue weighted by Gasteiger charge is -2.41. The third-order valence-electron chi connectivity index (χ3n) is 3.93. The summed E-state index contributed by atoms with van der Waals surface area (Å²) in [5, 5.41) is 4.50. The standard InChI is InChI=1S/C15H22ClNS/c1-12(10-13-4-6-14(16)7-5-13)17-11-15(18-2)8-3-9-15/h4-7,12,17H,3,8-11H2,1-2H3. The molecule has 1 fully saturated rings. The monoisotopic (exact) mass is 283 g/mol. The molecule has 0 heterocycles. The average Bonchev–Trinajstić information content (AvgIpc) is 2.31. The molecule has 0 amide bonds. The maximum absolute atomic E-state index is 5.90. The number of thioether (sulfide) groups is 1. The molecule has 1 unspecified atom stereocenters. The molecule has 0 aromatic heterocycles. The maximum atomic E-state index is 5.90. The number of hydrogen-bond donors (Lipinski definition) is 1. The molecule has 2 rings (SSSR count). The fraction of sp³-hybridized carbons (Fsp3) is 0.600. The number of halogens is 1. The molecule has 0 radical (unpaired) electrons. The van der Waals surface area contributed by atoms with Gasteiger partial charge in [0.1, 0.15) is 0 Å². The summed E-state index contributed by atoms with van der Waals surface area (Å²) in [4.78, 5) is 0. The molecule has 1 saturated carbocycles. The van der Waals surface area contributed by atoms with E-state index >= 15 is 0 Å². The zero-order chi connectivity index (χ0) is 13.0. The minimum absolute atomic E-state index is 0.522. The lowest BCUT2D eigenvalue weighted by Crippen LogP contribution is -2.46. The average molecular weight is 284 g/mol. The molecule has 1 atom stereocenters. The van der Waals surface area contributed by atoms with Gasteiger partial charge in [-0.05, 0) is 50.1 Å². The van der Waals surface area contributed by atoms with Gasteiger partial charge in [0.25, 0.3) is 0 Å². The quantitative estimate of drug-likeness (QED) is 0.842. The largest absolute Gasteiger partial charge is 0.313 e. The van der Waals surface area contributed by atoms with Crippen LogP contribution in [-0.2, 0) is 6.42 Å². The van der Waals surface area contributed by atoms with Gasteiger partial charge >= 0.3 is 0 Å². The van der Waals surface area contributed by atoms with Gasteiger partial charge in [-0.25, -0.2) is 0 Å². The smallest absolute Gasteiger partial charge is 0.0406 e. The molecule has 100 valence electrons. The second-order valence-electron chi connectivity index (χ2n) is 5.35. The summed E-state index contributed by atoms with van der Waals surface area (Å²) in [7, 11) is 0. The Hall–Kier alpha value is -0.180. The third-order valence-corrected chi connectivity index (χ3v) is 5.60. The molecular weight excluding hydrogens is 262 g/mol.